The summed E-state index contributed by atoms with van der Waals surface area (Å²) in [6.07, 6.45) is 8.75. The van der Waals surface area contributed by atoms with E-state index in [0.29, 0.717) is 5.41 Å². The summed E-state index contributed by atoms with van der Waals surface area (Å²) in [5.41, 5.74) is 0.484. The molecule has 1 saturated carbocycles. The molecule has 0 heterocycles. The molecule has 2 atom stereocenters. The van der Waals surface area contributed by atoms with Gasteiger partial charge in [0.05, 0.1) is 5.60 Å². The second kappa shape index (κ2) is 5.83. The lowest BCUT2D eigenvalue weighted by Crippen LogP contribution is -2.45. The Hall–Kier alpha value is 0.657. The van der Waals surface area contributed by atoms with E-state index in [2.05, 4.69) is 40.3 Å². The maximum atomic E-state index is 5.74. The highest BCUT2D eigenvalue weighted by molar-refractivity contribution is 9.09. The van der Waals surface area contributed by atoms with Crippen LogP contribution in [0.15, 0.2) is 0 Å². The van der Waals surface area contributed by atoms with Crippen LogP contribution in [-0.2, 0) is 4.43 Å². The third-order valence-electron chi connectivity index (χ3n) is 4.43. The zero-order chi connectivity index (χ0) is 11.4. The number of hydrogen-bond donors (Lipinski definition) is 0. The normalized spacial score (nSPS) is 36.0. The molecule has 1 rings (SSSR count). The first-order valence-corrected chi connectivity index (χ1v) is 7.64. The molecule has 0 spiro atoms. The monoisotopic (exact) mass is 289 g/mol. The molecule has 1 aliphatic carbocycles. The summed E-state index contributed by atoms with van der Waals surface area (Å²) in [5.74, 6) is 0. The topological polar surface area (TPSA) is 9.23 Å². The van der Waals surface area contributed by atoms with Crippen molar-refractivity contribution >= 4 is 26.4 Å². The van der Waals surface area contributed by atoms with Gasteiger partial charge in [0.2, 0.25) is 10.5 Å². The molecule has 0 aliphatic heterocycles. The molecule has 0 aromatic carbocycles. The highest BCUT2D eigenvalue weighted by Crippen LogP contribution is 2.55. The Balaban J connectivity index is 2.84. The van der Waals surface area contributed by atoms with Crippen LogP contribution in [0.25, 0.3) is 0 Å². The molecule has 1 nitrogen and oxygen atoms in total. The van der Waals surface area contributed by atoms with Crippen LogP contribution in [0.5, 0.6) is 0 Å². The Morgan fingerprint density at radius 2 is 2.00 bits per heavy atom. The van der Waals surface area contributed by atoms with Gasteiger partial charge in [-0.25, -0.2) is 0 Å². The zero-order valence-electron chi connectivity index (χ0n) is 9.94. The Morgan fingerprint density at radius 3 is 2.47 bits per heavy atom. The molecule has 0 aromatic rings. The quantitative estimate of drug-likeness (QED) is 0.531. The smallest absolute Gasteiger partial charge is 0.247 e. The van der Waals surface area contributed by atoms with Gasteiger partial charge >= 0.3 is 0 Å². The van der Waals surface area contributed by atoms with Gasteiger partial charge in [0.1, 0.15) is 0 Å². The minimum Gasteiger partial charge on any atom is -0.413 e. The molecule has 87 valence electrons. The van der Waals surface area contributed by atoms with Crippen molar-refractivity contribution in [3.8, 4) is 0 Å². The third-order valence-corrected chi connectivity index (χ3v) is 5.39. The summed E-state index contributed by atoms with van der Waals surface area (Å²) in [6.45, 7) is 4.57. The fraction of sp³-hybridized carbons (Fsp3) is 1.00. The van der Waals surface area contributed by atoms with Gasteiger partial charge in [-0.3, -0.25) is 0 Å². The standard InChI is InChI=1S/C12H22BrOSi/c1-3-11(8-6-10-13)7-5-9-12(11,4-2)14-15/h3-10H2,1-2H3. The van der Waals surface area contributed by atoms with E-state index in [-0.39, 0.29) is 5.60 Å². The average Bonchev–Trinajstić information content (AvgIpc) is 2.66. The van der Waals surface area contributed by atoms with Gasteiger partial charge in [-0.2, -0.15) is 0 Å². The first kappa shape index (κ1) is 13.7. The lowest BCUT2D eigenvalue weighted by molar-refractivity contribution is -0.0440. The molecule has 3 radical (unpaired) electrons. The van der Waals surface area contributed by atoms with Crippen molar-refractivity contribution in [1.82, 2.24) is 0 Å². The van der Waals surface area contributed by atoms with Crippen molar-refractivity contribution in [2.75, 3.05) is 5.33 Å². The van der Waals surface area contributed by atoms with Crippen LogP contribution in [0.3, 0.4) is 0 Å². The molecule has 2 unspecified atom stereocenters. The lowest BCUT2D eigenvalue weighted by Gasteiger charge is -2.45. The van der Waals surface area contributed by atoms with Gasteiger partial charge in [-0.05, 0) is 50.4 Å². The van der Waals surface area contributed by atoms with Gasteiger partial charge in [-0.15, -0.1) is 0 Å². The largest absolute Gasteiger partial charge is 0.413 e. The predicted molar refractivity (Wildman–Crippen MR) is 69.5 cm³/mol. The van der Waals surface area contributed by atoms with Gasteiger partial charge in [0, 0.05) is 5.33 Å². The predicted octanol–water partition coefficient (Wildman–Crippen LogP) is 3.99. The number of halogens is 1. The van der Waals surface area contributed by atoms with E-state index < -0.39 is 0 Å². The number of hydrogen-bond acceptors (Lipinski definition) is 1. The summed E-state index contributed by atoms with van der Waals surface area (Å²) < 4.78 is 5.74. The van der Waals surface area contributed by atoms with E-state index in [1.54, 1.807) is 0 Å². The molecule has 0 amide bonds. The maximum absolute atomic E-state index is 5.74. The van der Waals surface area contributed by atoms with E-state index in [9.17, 15) is 0 Å². The van der Waals surface area contributed by atoms with Crippen LogP contribution in [0.4, 0.5) is 0 Å². The third kappa shape index (κ3) is 2.34. The number of rotatable bonds is 6. The fourth-order valence-electron chi connectivity index (χ4n) is 3.42. The Kier molecular flexibility index (Phi) is 5.33. The van der Waals surface area contributed by atoms with Crippen LogP contribution in [0, 0.1) is 5.41 Å². The van der Waals surface area contributed by atoms with Crippen molar-refractivity contribution in [2.24, 2.45) is 5.41 Å². The van der Waals surface area contributed by atoms with Crippen molar-refractivity contribution < 1.29 is 4.43 Å². The Morgan fingerprint density at radius 1 is 1.27 bits per heavy atom. The lowest BCUT2D eigenvalue weighted by atomic mass is 9.68. The minimum absolute atomic E-state index is 0.0841. The highest BCUT2D eigenvalue weighted by Gasteiger charge is 2.51. The molecular formula is C12H22BrOSi. The van der Waals surface area contributed by atoms with Crippen LogP contribution in [-0.4, -0.2) is 21.4 Å². The minimum atomic E-state index is 0.0841. The molecular weight excluding hydrogens is 268 g/mol. The first-order chi connectivity index (χ1) is 7.20. The van der Waals surface area contributed by atoms with Crippen molar-refractivity contribution in [1.29, 1.82) is 0 Å². The summed E-state index contributed by atoms with van der Waals surface area (Å²) >= 11 is 3.54. The first-order valence-electron chi connectivity index (χ1n) is 6.11. The van der Waals surface area contributed by atoms with Gasteiger partial charge in [0.15, 0.2) is 0 Å². The second-order valence-corrected chi connectivity index (χ2v) is 5.73. The zero-order valence-corrected chi connectivity index (χ0v) is 12.5. The van der Waals surface area contributed by atoms with Gasteiger partial charge in [-0.1, -0.05) is 29.8 Å². The Labute approximate surface area is 106 Å². The number of alkyl halides is 1. The molecule has 1 aliphatic rings. The van der Waals surface area contributed by atoms with Crippen LogP contribution in [0.2, 0.25) is 0 Å². The summed E-state index contributed by atoms with van der Waals surface area (Å²) in [7, 11) is 3.34. The van der Waals surface area contributed by atoms with E-state index in [4.69, 9.17) is 4.43 Å². The van der Waals surface area contributed by atoms with Crippen molar-refractivity contribution in [3.63, 3.8) is 0 Å². The SMILES string of the molecule is CCC1(CCCBr)CCCC1(CC)O[Si]. The fourth-order valence-corrected chi connectivity index (χ4v) is 4.17. The van der Waals surface area contributed by atoms with Crippen molar-refractivity contribution in [2.45, 2.75) is 64.4 Å². The van der Waals surface area contributed by atoms with Crippen LogP contribution >= 0.6 is 15.9 Å². The van der Waals surface area contributed by atoms with Gasteiger partial charge < -0.3 is 4.43 Å². The van der Waals surface area contributed by atoms with E-state index in [0.717, 1.165) is 11.8 Å². The Bertz CT molecular complexity index is 194. The summed E-state index contributed by atoms with van der Waals surface area (Å²) in [5, 5.41) is 1.11. The molecule has 0 aromatic heterocycles. The molecule has 0 saturated heterocycles. The van der Waals surface area contributed by atoms with Crippen molar-refractivity contribution in [3.05, 3.63) is 0 Å². The van der Waals surface area contributed by atoms with Crippen LogP contribution in [0.1, 0.15) is 58.8 Å². The molecule has 1 fully saturated rings. The molecule has 3 heteroatoms. The average molecular weight is 290 g/mol. The van der Waals surface area contributed by atoms with Crippen LogP contribution < -0.4 is 0 Å². The van der Waals surface area contributed by atoms with Gasteiger partial charge in [0.25, 0.3) is 0 Å². The maximum Gasteiger partial charge on any atom is 0.247 e. The van der Waals surface area contributed by atoms with E-state index in [1.165, 1.54) is 38.5 Å². The second-order valence-electron chi connectivity index (χ2n) is 4.73. The molecule has 15 heavy (non-hydrogen) atoms. The van der Waals surface area contributed by atoms with E-state index in [1.807, 2.05) is 0 Å². The summed E-state index contributed by atoms with van der Waals surface area (Å²) in [6, 6.07) is 0. The summed E-state index contributed by atoms with van der Waals surface area (Å²) in [4.78, 5) is 0. The highest BCUT2D eigenvalue weighted by atomic mass is 79.9. The molecule has 0 N–H and O–H groups in total. The van der Waals surface area contributed by atoms with E-state index >= 15 is 0 Å². The molecule has 0 bridgehead atoms.